The van der Waals surface area contributed by atoms with Crippen molar-refractivity contribution in [1.29, 1.82) is 0 Å². The van der Waals surface area contributed by atoms with Gasteiger partial charge in [-0.15, -0.1) is 0 Å². The molecule has 31 heavy (non-hydrogen) atoms. The van der Waals surface area contributed by atoms with Crippen LogP contribution in [-0.4, -0.2) is 77.5 Å². The summed E-state index contributed by atoms with van der Waals surface area (Å²) in [6.07, 6.45) is -3.75. The van der Waals surface area contributed by atoms with Gasteiger partial charge in [0.2, 0.25) is 0 Å². The van der Waals surface area contributed by atoms with Gasteiger partial charge in [0.05, 0.1) is 23.4 Å². The fourth-order valence-electron chi connectivity index (χ4n) is 4.35. The van der Waals surface area contributed by atoms with Crippen LogP contribution in [0.5, 0.6) is 0 Å². The summed E-state index contributed by atoms with van der Waals surface area (Å²) in [6.45, 7) is 4.83. The number of rotatable bonds is 5. The number of halogens is 3. The van der Waals surface area contributed by atoms with Gasteiger partial charge in [0, 0.05) is 44.5 Å². The number of aromatic nitrogens is 1. The van der Waals surface area contributed by atoms with Crippen molar-refractivity contribution in [2.24, 2.45) is 0 Å². The first kappa shape index (κ1) is 23.4. The Kier molecular flexibility index (Phi) is 7.85. The normalized spacial score (nSPS) is 22.4. The molecule has 0 saturated carbocycles. The number of carboxylic acid groups (broad SMARTS) is 1. The zero-order chi connectivity index (χ0) is 22.3. The SMILES string of the molecule is FC(F)(F)CCCN1CCC2(C1)CN(Cc1ccc3ccccc3n1)CCO2.O=CO. The molecular formula is C22H28F3N3O3. The molecule has 3 heterocycles. The van der Waals surface area contributed by atoms with E-state index in [0.29, 0.717) is 19.7 Å². The van der Waals surface area contributed by atoms with E-state index in [-0.39, 0.29) is 18.5 Å². The van der Waals surface area contributed by atoms with Crippen LogP contribution >= 0.6 is 0 Å². The molecule has 2 saturated heterocycles. The van der Waals surface area contributed by atoms with E-state index in [1.165, 1.54) is 0 Å². The number of hydrogen-bond donors (Lipinski definition) is 1. The summed E-state index contributed by atoms with van der Waals surface area (Å²) in [5.41, 5.74) is 1.78. The molecule has 0 aliphatic carbocycles. The standard InChI is InChI=1S/C21H26F3N3O.CH2O2/c22-21(23,24)8-3-10-26-11-9-20(15-26)16-27(12-13-28-20)14-18-7-6-17-4-1-2-5-19(17)25-18;2-1-3/h1-2,4-7H,3,8-16H2;1H,(H,2,3). The van der Waals surface area contributed by atoms with Crippen molar-refractivity contribution in [3.05, 3.63) is 42.1 Å². The van der Waals surface area contributed by atoms with Crippen LogP contribution in [-0.2, 0) is 16.1 Å². The van der Waals surface area contributed by atoms with Gasteiger partial charge < -0.3 is 14.7 Å². The molecule has 4 rings (SSSR count). The Hall–Kier alpha value is -2.23. The van der Waals surface area contributed by atoms with Gasteiger partial charge in [0.1, 0.15) is 0 Å². The highest BCUT2D eigenvalue weighted by Crippen LogP contribution is 2.31. The summed E-state index contributed by atoms with van der Waals surface area (Å²) in [6, 6.07) is 12.3. The number of ether oxygens (including phenoxy) is 1. The van der Waals surface area contributed by atoms with E-state index in [4.69, 9.17) is 19.6 Å². The number of likely N-dealkylation sites (tertiary alicyclic amines) is 1. The van der Waals surface area contributed by atoms with Crippen molar-refractivity contribution in [3.63, 3.8) is 0 Å². The molecule has 1 spiro atoms. The first-order chi connectivity index (χ1) is 14.8. The molecule has 6 nitrogen and oxygen atoms in total. The smallest absolute Gasteiger partial charge is 0.389 e. The van der Waals surface area contributed by atoms with E-state index >= 15 is 0 Å². The molecule has 1 N–H and O–H groups in total. The summed E-state index contributed by atoms with van der Waals surface area (Å²) < 4.78 is 43.2. The highest BCUT2D eigenvalue weighted by Gasteiger charge is 2.42. The number of pyridine rings is 1. The van der Waals surface area contributed by atoms with E-state index in [0.717, 1.165) is 49.2 Å². The van der Waals surface area contributed by atoms with Gasteiger partial charge >= 0.3 is 6.18 Å². The third kappa shape index (κ3) is 6.88. The fraction of sp³-hybridized carbons (Fsp3) is 0.545. The van der Waals surface area contributed by atoms with Crippen LogP contribution in [0.1, 0.15) is 25.0 Å². The Morgan fingerprint density at radius 2 is 1.87 bits per heavy atom. The van der Waals surface area contributed by atoms with E-state index in [2.05, 4.69) is 28.0 Å². The summed E-state index contributed by atoms with van der Waals surface area (Å²) in [5, 5.41) is 8.02. The number of carbonyl (C=O) groups is 1. The van der Waals surface area contributed by atoms with Crippen LogP contribution < -0.4 is 0 Å². The zero-order valence-corrected chi connectivity index (χ0v) is 17.4. The molecule has 0 radical (unpaired) electrons. The first-order valence-corrected chi connectivity index (χ1v) is 10.4. The molecule has 9 heteroatoms. The Morgan fingerprint density at radius 3 is 2.65 bits per heavy atom. The molecule has 2 aromatic rings. The van der Waals surface area contributed by atoms with Crippen LogP contribution in [0.4, 0.5) is 13.2 Å². The van der Waals surface area contributed by atoms with Crippen molar-refractivity contribution in [2.45, 2.75) is 37.6 Å². The Balaban J connectivity index is 0.000000858. The van der Waals surface area contributed by atoms with Gasteiger partial charge in [0.15, 0.2) is 0 Å². The van der Waals surface area contributed by atoms with E-state index in [9.17, 15) is 13.2 Å². The average molecular weight is 439 g/mol. The molecule has 1 unspecified atom stereocenters. The van der Waals surface area contributed by atoms with Gasteiger partial charge in [-0.25, -0.2) is 0 Å². The second-order valence-corrected chi connectivity index (χ2v) is 8.09. The first-order valence-electron chi connectivity index (χ1n) is 10.4. The third-order valence-electron chi connectivity index (χ3n) is 5.70. The lowest BCUT2D eigenvalue weighted by Crippen LogP contribution is -2.53. The lowest BCUT2D eigenvalue weighted by Gasteiger charge is -2.40. The summed E-state index contributed by atoms with van der Waals surface area (Å²) >= 11 is 0. The van der Waals surface area contributed by atoms with E-state index < -0.39 is 12.6 Å². The third-order valence-corrected chi connectivity index (χ3v) is 5.70. The minimum absolute atomic E-state index is 0.157. The topological polar surface area (TPSA) is 65.9 Å². The maximum absolute atomic E-state index is 12.4. The fourth-order valence-corrected chi connectivity index (χ4v) is 4.35. The van der Waals surface area contributed by atoms with Crippen molar-refractivity contribution in [3.8, 4) is 0 Å². The lowest BCUT2D eigenvalue weighted by atomic mass is 10.0. The number of alkyl halides is 3. The highest BCUT2D eigenvalue weighted by atomic mass is 19.4. The van der Waals surface area contributed by atoms with Crippen molar-refractivity contribution < 1.29 is 27.8 Å². The van der Waals surface area contributed by atoms with Crippen molar-refractivity contribution in [2.75, 3.05) is 39.3 Å². The average Bonchev–Trinajstić information content (AvgIpc) is 3.09. The van der Waals surface area contributed by atoms with Crippen LogP contribution in [0.15, 0.2) is 36.4 Å². The number of morpholine rings is 1. The largest absolute Gasteiger partial charge is 0.483 e. The van der Waals surface area contributed by atoms with Gasteiger partial charge in [-0.05, 0) is 31.5 Å². The maximum Gasteiger partial charge on any atom is 0.389 e. The summed E-state index contributed by atoms with van der Waals surface area (Å²) in [7, 11) is 0. The molecule has 0 amide bonds. The molecule has 1 aromatic carbocycles. The second kappa shape index (κ2) is 10.4. The molecule has 2 aliphatic rings. The number of nitrogens with zero attached hydrogens (tertiary/aromatic N) is 3. The molecule has 1 atom stereocenters. The van der Waals surface area contributed by atoms with Crippen LogP contribution in [0.2, 0.25) is 0 Å². The summed E-state index contributed by atoms with van der Waals surface area (Å²) in [5.74, 6) is 0. The predicted molar refractivity (Wildman–Crippen MR) is 111 cm³/mol. The summed E-state index contributed by atoms with van der Waals surface area (Å²) in [4.78, 5) is 17.6. The van der Waals surface area contributed by atoms with Crippen LogP contribution in [0.3, 0.4) is 0 Å². The predicted octanol–water partition coefficient (Wildman–Crippen LogP) is 3.55. The molecule has 2 aliphatic heterocycles. The maximum atomic E-state index is 12.4. The van der Waals surface area contributed by atoms with Crippen molar-refractivity contribution in [1.82, 2.24) is 14.8 Å². The van der Waals surface area contributed by atoms with Crippen LogP contribution in [0, 0.1) is 0 Å². The highest BCUT2D eigenvalue weighted by molar-refractivity contribution is 5.78. The Morgan fingerprint density at radius 1 is 1.13 bits per heavy atom. The minimum atomic E-state index is -4.07. The van der Waals surface area contributed by atoms with E-state index in [1.807, 2.05) is 18.2 Å². The Bertz CT molecular complexity index is 865. The van der Waals surface area contributed by atoms with Crippen molar-refractivity contribution >= 4 is 17.4 Å². The van der Waals surface area contributed by atoms with Gasteiger partial charge in [-0.3, -0.25) is 14.7 Å². The molecular weight excluding hydrogens is 411 g/mol. The molecule has 2 fully saturated rings. The minimum Gasteiger partial charge on any atom is -0.483 e. The lowest BCUT2D eigenvalue weighted by molar-refractivity contribution is -0.136. The molecule has 0 bridgehead atoms. The number of fused-ring (bicyclic) bond motifs is 1. The second-order valence-electron chi connectivity index (χ2n) is 8.09. The molecule has 170 valence electrons. The van der Waals surface area contributed by atoms with Crippen LogP contribution in [0.25, 0.3) is 10.9 Å². The van der Waals surface area contributed by atoms with Gasteiger partial charge in [0.25, 0.3) is 6.47 Å². The van der Waals surface area contributed by atoms with Gasteiger partial charge in [-0.1, -0.05) is 24.3 Å². The number of benzene rings is 1. The van der Waals surface area contributed by atoms with E-state index in [1.54, 1.807) is 0 Å². The van der Waals surface area contributed by atoms with Gasteiger partial charge in [-0.2, -0.15) is 13.2 Å². The number of para-hydroxylation sites is 1. The molecule has 1 aromatic heterocycles. The Labute approximate surface area is 179 Å². The monoisotopic (exact) mass is 439 g/mol. The number of hydrogen-bond acceptors (Lipinski definition) is 5. The zero-order valence-electron chi connectivity index (χ0n) is 17.4. The quantitative estimate of drug-likeness (QED) is 0.719.